The Hall–Kier alpha value is -0.450. The Morgan fingerprint density at radius 1 is 1.47 bits per heavy atom. The molecule has 0 bridgehead atoms. The maximum Gasteiger partial charge on any atom is 0.0944 e. The SMILES string of the molecule is CNC(C)c1sc(CCN(C)C)nc1C. The number of aryl methyl sites for hydroxylation is 1. The molecule has 86 valence electrons. The van der Waals surface area contributed by atoms with Gasteiger partial charge in [0, 0.05) is 23.9 Å². The van der Waals surface area contributed by atoms with E-state index in [4.69, 9.17) is 0 Å². The zero-order valence-corrected chi connectivity index (χ0v) is 11.1. The molecule has 1 N–H and O–H groups in total. The van der Waals surface area contributed by atoms with Gasteiger partial charge in [0.1, 0.15) is 0 Å². The van der Waals surface area contributed by atoms with Gasteiger partial charge >= 0.3 is 0 Å². The van der Waals surface area contributed by atoms with Crippen LogP contribution in [-0.2, 0) is 6.42 Å². The van der Waals surface area contributed by atoms with Crippen LogP contribution in [0.4, 0.5) is 0 Å². The molecular weight excluding hydrogens is 206 g/mol. The molecule has 0 saturated carbocycles. The summed E-state index contributed by atoms with van der Waals surface area (Å²) in [6.45, 7) is 5.34. The first-order chi connectivity index (χ1) is 7.04. The van der Waals surface area contributed by atoms with Crippen molar-refractivity contribution in [2.45, 2.75) is 26.3 Å². The Bertz CT molecular complexity index is 307. The summed E-state index contributed by atoms with van der Waals surface area (Å²) in [5.41, 5.74) is 1.18. The van der Waals surface area contributed by atoms with Gasteiger partial charge in [-0.3, -0.25) is 0 Å². The summed E-state index contributed by atoms with van der Waals surface area (Å²) in [4.78, 5) is 8.16. The molecule has 15 heavy (non-hydrogen) atoms. The minimum Gasteiger partial charge on any atom is -0.312 e. The van der Waals surface area contributed by atoms with E-state index >= 15 is 0 Å². The third-order valence-corrected chi connectivity index (χ3v) is 3.88. The molecule has 3 nitrogen and oxygen atoms in total. The minimum absolute atomic E-state index is 0.413. The molecule has 0 spiro atoms. The third-order valence-electron chi connectivity index (χ3n) is 2.48. The lowest BCUT2D eigenvalue weighted by molar-refractivity contribution is 0.413. The van der Waals surface area contributed by atoms with Gasteiger partial charge in [0.25, 0.3) is 0 Å². The molecule has 0 aliphatic carbocycles. The molecule has 0 amide bonds. The van der Waals surface area contributed by atoms with E-state index in [-0.39, 0.29) is 0 Å². The monoisotopic (exact) mass is 227 g/mol. The van der Waals surface area contributed by atoms with Crippen LogP contribution in [0, 0.1) is 6.92 Å². The summed E-state index contributed by atoms with van der Waals surface area (Å²) in [6, 6.07) is 0.413. The number of likely N-dealkylation sites (N-methyl/N-ethyl adjacent to an activating group) is 1. The highest BCUT2D eigenvalue weighted by Crippen LogP contribution is 2.24. The fourth-order valence-corrected chi connectivity index (χ4v) is 2.54. The Balaban J connectivity index is 2.68. The smallest absolute Gasteiger partial charge is 0.0944 e. The largest absolute Gasteiger partial charge is 0.312 e. The number of nitrogens with zero attached hydrogens (tertiary/aromatic N) is 2. The van der Waals surface area contributed by atoms with Crippen LogP contribution in [0.15, 0.2) is 0 Å². The highest BCUT2D eigenvalue weighted by molar-refractivity contribution is 7.11. The van der Waals surface area contributed by atoms with Crippen molar-refractivity contribution in [3.63, 3.8) is 0 Å². The van der Waals surface area contributed by atoms with Crippen molar-refractivity contribution in [1.82, 2.24) is 15.2 Å². The average molecular weight is 227 g/mol. The van der Waals surface area contributed by atoms with Crippen molar-refractivity contribution >= 4 is 11.3 Å². The predicted molar refractivity (Wildman–Crippen MR) is 66.6 cm³/mol. The first-order valence-electron chi connectivity index (χ1n) is 5.32. The second-order valence-electron chi connectivity index (χ2n) is 4.12. The van der Waals surface area contributed by atoms with Crippen LogP contribution >= 0.6 is 11.3 Å². The van der Waals surface area contributed by atoms with Crippen LogP contribution < -0.4 is 5.32 Å². The highest BCUT2D eigenvalue weighted by atomic mass is 32.1. The summed E-state index contributed by atoms with van der Waals surface area (Å²) in [6.07, 6.45) is 1.05. The van der Waals surface area contributed by atoms with Crippen LogP contribution in [0.25, 0.3) is 0 Å². The number of hydrogen-bond acceptors (Lipinski definition) is 4. The molecule has 4 heteroatoms. The number of thiazole rings is 1. The van der Waals surface area contributed by atoms with E-state index in [2.05, 4.69) is 43.1 Å². The van der Waals surface area contributed by atoms with Crippen LogP contribution in [0.5, 0.6) is 0 Å². The van der Waals surface area contributed by atoms with Crippen molar-refractivity contribution in [3.8, 4) is 0 Å². The Morgan fingerprint density at radius 3 is 2.67 bits per heavy atom. The topological polar surface area (TPSA) is 28.2 Å². The molecule has 0 aliphatic heterocycles. The summed E-state index contributed by atoms with van der Waals surface area (Å²) in [7, 11) is 6.18. The normalized spacial score (nSPS) is 13.5. The first-order valence-corrected chi connectivity index (χ1v) is 6.14. The summed E-state index contributed by atoms with van der Waals surface area (Å²) in [5, 5.41) is 4.51. The summed E-state index contributed by atoms with van der Waals surface area (Å²) >= 11 is 1.83. The van der Waals surface area contributed by atoms with Gasteiger partial charge in [-0.05, 0) is 35.0 Å². The zero-order valence-electron chi connectivity index (χ0n) is 10.3. The molecular formula is C11H21N3S. The number of rotatable bonds is 5. The lowest BCUT2D eigenvalue weighted by atomic mass is 10.2. The molecule has 1 aromatic rings. The second kappa shape index (κ2) is 5.58. The molecule has 1 rings (SSSR count). The molecule has 0 saturated heterocycles. The molecule has 1 heterocycles. The van der Waals surface area contributed by atoms with Gasteiger partial charge in [0.2, 0.25) is 0 Å². The van der Waals surface area contributed by atoms with Crippen molar-refractivity contribution in [2.75, 3.05) is 27.7 Å². The highest BCUT2D eigenvalue weighted by Gasteiger charge is 2.12. The van der Waals surface area contributed by atoms with Gasteiger partial charge in [-0.25, -0.2) is 4.98 Å². The predicted octanol–water partition coefficient (Wildman–Crippen LogP) is 1.84. The van der Waals surface area contributed by atoms with Crippen molar-refractivity contribution in [2.24, 2.45) is 0 Å². The van der Waals surface area contributed by atoms with E-state index in [1.54, 1.807) is 0 Å². The van der Waals surface area contributed by atoms with Crippen molar-refractivity contribution < 1.29 is 0 Å². The Morgan fingerprint density at radius 2 is 2.13 bits per heavy atom. The number of aromatic nitrogens is 1. The lowest BCUT2D eigenvalue weighted by Crippen LogP contribution is -2.14. The Kier molecular flexibility index (Phi) is 4.70. The fourth-order valence-electron chi connectivity index (χ4n) is 1.42. The molecule has 1 atom stereocenters. The number of nitrogens with one attached hydrogen (secondary N) is 1. The van der Waals surface area contributed by atoms with E-state index in [9.17, 15) is 0 Å². The minimum atomic E-state index is 0.413. The van der Waals surface area contributed by atoms with Crippen LogP contribution in [0.2, 0.25) is 0 Å². The molecule has 0 radical (unpaired) electrons. The maximum atomic E-state index is 4.60. The van der Waals surface area contributed by atoms with Crippen molar-refractivity contribution in [3.05, 3.63) is 15.6 Å². The standard InChI is InChI=1S/C11H21N3S/c1-8(12-3)11-9(2)13-10(15-11)6-7-14(4)5/h8,12H,6-7H2,1-5H3. The third kappa shape index (κ3) is 3.55. The van der Waals surface area contributed by atoms with E-state index < -0.39 is 0 Å². The van der Waals surface area contributed by atoms with E-state index in [1.165, 1.54) is 15.6 Å². The van der Waals surface area contributed by atoms with E-state index in [0.29, 0.717) is 6.04 Å². The average Bonchev–Trinajstić information content (AvgIpc) is 2.55. The van der Waals surface area contributed by atoms with Crippen LogP contribution in [0.1, 0.15) is 28.5 Å². The quantitative estimate of drug-likeness (QED) is 0.832. The lowest BCUT2D eigenvalue weighted by Gasteiger charge is -2.07. The summed E-state index contributed by atoms with van der Waals surface area (Å²) < 4.78 is 0. The molecule has 0 aromatic carbocycles. The summed E-state index contributed by atoms with van der Waals surface area (Å²) in [5.74, 6) is 0. The van der Waals surface area contributed by atoms with Gasteiger partial charge in [0.15, 0.2) is 0 Å². The fraction of sp³-hybridized carbons (Fsp3) is 0.727. The Labute approximate surface area is 96.5 Å². The van der Waals surface area contributed by atoms with Gasteiger partial charge < -0.3 is 10.2 Å². The van der Waals surface area contributed by atoms with Gasteiger partial charge in [0.05, 0.1) is 10.7 Å². The van der Waals surface area contributed by atoms with Gasteiger partial charge in [-0.1, -0.05) is 0 Å². The van der Waals surface area contributed by atoms with Crippen LogP contribution in [0.3, 0.4) is 0 Å². The van der Waals surface area contributed by atoms with E-state index in [1.807, 2.05) is 18.4 Å². The van der Waals surface area contributed by atoms with E-state index in [0.717, 1.165) is 13.0 Å². The second-order valence-corrected chi connectivity index (χ2v) is 5.24. The van der Waals surface area contributed by atoms with Gasteiger partial charge in [-0.2, -0.15) is 0 Å². The van der Waals surface area contributed by atoms with Crippen LogP contribution in [-0.4, -0.2) is 37.6 Å². The number of hydrogen-bond donors (Lipinski definition) is 1. The molecule has 1 aromatic heterocycles. The van der Waals surface area contributed by atoms with Crippen molar-refractivity contribution in [1.29, 1.82) is 0 Å². The first kappa shape index (κ1) is 12.6. The molecule has 1 unspecified atom stereocenters. The maximum absolute atomic E-state index is 4.60. The molecule has 0 aliphatic rings. The molecule has 0 fully saturated rings. The zero-order chi connectivity index (χ0) is 11.4. The van der Waals surface area contributed by atoms with Gasteiger partial charge in [-0.15, -0.1) is 11.3 Å².